The van der Waals surface area contributed by atoms with Gasteiger partial charge in [0.05, 0.1) is 6.10 Å². The minimum atomic E-state index is 0.236. The second-order valence-electron chi connectivity index (χ2n) is 3.73. The molecule has 0 fully saturated rings. The zero-order valence-electron chi connectivity index (χ0n) is 9.46. The van der Waals surface area contributed by atoms with Crippen molar-refractivity contribution in [3.8, 4) is 0 Å². The Hall–Kier alpha value is -0.570. The van der Waals surface area contributed by atoms with Gasteiger partial charge in [-0.25, -0.2) is 0 Å². The predicted molar refractivity (Wildman–Crippen MR) is 64.3 cm³/mol. The predicted octanol–water partition coefficient (Wildman–Crippen LogP) is 3.03. The van der Waals surface area contributed by atoms with E-state index >= 15 is 0 Å². The Morgan fingerprint density at radius 2 is 1.87 bits per heavy atom. The number of rotatable bonds is 5. The highest BCUT2D eigenvalue weighted by molar-refractivity contribution is 6.30. The summed E-state index contributed by atoms with van der Waals surface area (Å²) < 4.78 is 5.17. The van der Waals surface area contributed by atoms with E-state index in [2.05, 4.69) is 12.2 Å². The lowest BCUT2D eigenvalue weighted by Gasteiger charge is -2.17. The Balaban J connectivity index is 2.46. The molecule has 84 valence electrons. The molecule has 2 unspecified atom stereocenters. The van der Waals surface area contributed by atoms with E-state index in [4.69, 9.17) is 16.3 Å². The number of ether oxygens (including phenoxy) is 1. The Morgan fingerprint density at radius 3 is 2.40 bits per heavy atom. The van der Waals surface area contributed by atoms with E-state index in [-0.39, 0.29) is 6.10 Å². The summed E-state index contributed by atoms with van der Waals surface area (Å²) in [5.74, 6) is 0. The average molecular weight is 228 g/mol. The highest BCUT2D eigenvalue weighted by Crippen LogP contribution is 2.15. The van der Waals surface area contributed by atoms with Crippen molar-refractivity contribution in [1.29, 1.82) is 0 Å². The molecule has 2 nitrogen and oxygen atoms in total. The number of nitrogens with one attached hydrogen (secondary N) is 1. The van der Waals surface area contributed by atoms with E-state index in [0.29, 0.717) is 6.04 Å². The minimum absolute atomic E-state index is 0.236. The minimum Gasteiger partial charge on any atom is -0.380 e. The van der Waals surface area contributed by atoms with Crippen LogP contribution in [-0.2, 0) is 4.74 Å². The molecule has 0 saturated carbocycles. The van der Waals surface area contributed by atoms with Crippen LogP contribution in [0.5, 0.6) is 0 Å². The van der Waals surface area contributed by atoms with Gasteiger partial charge >= 0.3 is 0 Å². The second kappa shape index (κ2) is 6.11. The molecule has 0 aliphatic carbocycles. The third kappa shape index (κ3) is 4.20. The molecular weight excluding hydrogens is 210 g/mol. The van der Waals surface area contributed by atoms with Gasteiger partial charge in [0.25, 0.3) is 0 Å². The number of hydrogen-bond acceptors (Lipinski definition) is 2. The summed E-state index contributed by atoms with van der Waals surface area (Å²) in [6.07, 6.45) is 0.236. The first-order chi connectivity index (χ1) is 7.13. The van der Waals surface area contributed by atoms with Gasteiger partial charge in [0.15, 0.2) is 0 Å². The first-order valence-electron chi connectivity index (χ1n) is 5.15. The van der Waals surface area contributed by atoms with Gasteiger partial charge in [-0.05, 0) is 31.5 Å². The van der Waals surface area contributed by atoms with E-state index in [1.807, 2.05) is 31.2 Å². The van der Waals surface area contributed by atoms with Crippen LogP contribution in [0.25, 0.3) is 0 Å². The first kappa shape index (κ1) is 12.5. The first-order valence-corrected chi connectivity index (χ1v) is 5.53. The van der Waals surface area contributed by atoms with Crippen molar-refractivity contribution in [2.45, 2.75) is 26.0 Å². The van der Waals surface area contributed by atoms with Crippen LogP contribution in [0.2, 0.25) is 5.02 Å². The number of benzene rings is 1. The van der Waals surface area contributed by atoms with Crippen molar-refractivity contribution in [3.63, 3.8) is 0 Å². The normalized spacial score (nSPS) is 14.9. The number of hydrogen-bond donors (Lipinski definition) is 1. The highest BCUT2D eigenvalue weighted by atomic mass is 35.5. The topological polar surface area (TPSA) is 21.3 Å². The molecule has 0 spiro atoms. The Kier molecular flexibility index (Phi) is 5.09. The van der Waals surface area contributed by atoms with Crippen LogP contribution in [0.15, 0.2) is 24.3 Å². The summed E-state index contributed by atoms with van der Waals surface area (Å²) in [7, 11) is 1.72. The maximum atomic E-state index is 5.83. The van der Waals surface area contributed by atoms with Crippen LogP contribution in [-0.4, -0.2) is 19.8 Å². The molecule has 15 heavy (non-hydrogen) atoms. The SMILES string of the molecule is COC(C)CNC(C)c1ccc(Cl)cc1. The molecule has 2 atom stereocenters. The van der Waals surface area contributed by atoms with Gasteiger partial charge in [0.1, 0.15) is 0 Å². The molecule has 0 saturated heterocycles. The molecule has 3 heteroatoms. The Bertz CT molecular complexity index is 286. The van der Waals surface area contributed by atoms with Crippen molar-refractivity contribution in [2.24, 2.45) is 0 Å². The molecule has 0 radical (unpaired) electrons. The summed E-state index contributed by atoms with van der Waals surface area (Å²) in [5, 5.41) is 4.18. The van der Waals surface area contributed by atoms with Gasteiger partial charge < -0.3 is 10.1 Å². The van der Waals surface area contributed by atoms with Crippen molar-refractivity contribution in [1.82, 2.24) is 5.32 Å². The Morgan fingerprint density at radius 1 is 1.27 bits per heavy atom. The maximum absolute atomic E-state index is 5.83. The molecule has 1 N–H and O–H groups in total. The third-order valence-electron chi connectivity index (χ3n) is 2.48. The molecule has 0 aliphatic rings. The molecule has 0 aliphatic heterocycles. The van der Waals surface area contributed by atoms with E-state index < -0.39 is 0 Å². The summed E-state index contributed by atoms with van der Waals surface area (Å²) >= 11 is 5.83. The van der Waals surface area contributed by atoms with E-state index in [9.17, 15) is 0 Å². The second-order valence-corrected chi connectivity index (χ2v) is 4.16. The molecular formula is C12H18ClNO. The summed E-state index contributed by atoms with van der Waals surface area (Å²) in [6, 6.07) is 8.22. The van der Waals surface area contributed by atoms with Gasteiger partial charge in [0.2, 0.25) is 0 Å². The standard InChI is InChI=1S/C12H18ClNO/c1-9(15-3)8-14-10(2)11-4-6-12(13)7-5-11/h4-7,9-10,14H,8H2,1-3H3. The van der Waals surface area contributed by atoms with Crippen LogP contribution >= 0.6 is 11.6 Å². The van der Waals surface area contributed by atoms with Crippen molar-refractivity contribution in [2.75, 3.05) is 13.7 Å². The fourth-order valence-corrected chi connectivity index (χ4v) is 1.42. The zero-order chi connectivity index (χ0) is 11.3. The lowest BCUT2D eigenvalue weighted by atomic mass is 10.1. The summed E-state index contributed by atoms with van der Waals surface area (Å²) in [5.41, 5.74) is 1.24. The van der Waals surface area contributed by atoms with Crippen LogP contribution in [0.4, 0.5) is 0 Å². The van der Waals surface area contributed by atoms with Crippen molar-refractivity contribution < 1.29 is 4.74 Å². The van der Waals surface area contributed by atoms with Gasteiger partial charge in [-0.1, -0.05) is 23.7 Å². The molecule has 0 bridgehead atoms. The summed E-state index contributed by atoms with van der Waals surface area (Å²) in [6.45, 7) is 5.02. The lowest BCUT2D eigenvalue weighted by Crippen LogP contribution is -2.28. The van der Waals surface area contributed by atoms with Crippen molar-refractivity contribution >= 4 is 11.6 Å². The third-order valence-corrected chi connectivity index (χ3v) is 2.74. The fraction of sp³-hybridized carbons (Fsp3) is 0.500. The van der Waals surface area contributed by atoms with Gasteiger partial charge in [-0.15, -0.1) is 0 Å². The fourth-order valence-electron chi connectivity index (χ4n) is 1.30. The largest absolute Gasteiger partial charge is 0.380 e. The lowest BCUT2D eigenvalue weighted by molar-refractivity contribution is 0.115. The average Bonchev–Trinajstić information content (AvgIpc) is 2.26. The van der Waals surface area contributed by atoms with Crippen LogP contribution in [0, 0.1) is 0 Å². The summed E-state index contributed by atoms with van der Waals surface area (Å²) in [4.78, 5) is 0. The molecule has 0 amide bonds. The molecule has 1 aromatic rings. The monoisotopic (exact) mass is 227 g/mol. The number of methoxy groups -OCH3 is 1. The number of halogens is 1. The van der Waals surface area contributed by atoms with Gasteiger partial charge in [-0.2, -0.15) is 0 Å². The van der Waals surface area contributed by atoms with Crippen LogP contribution < -0.4 is 5.32 Å². The van der Waals surface area contributed by atoms with E-state index in [1.165, 1.54) is 5.56 Å². The van der Waals surface area contributed by atoms with Gasteiger partial charge in [0, 0.05) is 24.7 Å². The maximum Gasteiger partial charge on any atom is 0.0667 e. The molecule has 1 aromatic carbocycles. The van der Waals surface area contributed by atoms with E-state index in [1.54, 1.807) is 7.11 Å². The zero-order valence-corrected chi connectivity index (χ0v) is 10.2. The highest BCUT2D eigenvalue weighted by Gasteiger charge is 2.06. The molecule has 0 heterocycles. The van der Waals surface area contributed by atoms with Crippen LogP contribution in [0.1, 0.15) is 25.5 Å². The van der Waals surface area contributed by atoms with E-state index in [0.717, 1.165) is 11.6 Å². The Labute approximate surface area is 96.6 Å². The molecule has 0 aromatic heterocycles. The van der Waals surface area contributed by atoms with Crippen molar-refractivity contribution in [3.05, 3.63) is 34.9 Å². The quantitative estimate of drug-likeness (QED) is 0.835. The smallest absolute Gasteiger partial charge is 0.0667 e. The van der Waals surface area contributed by atoms with Crippen LogP contribution in [0.3, 0.4) is 0 Å². The molecule has 1 rings (SSSR count). The van der Waals surface area contributed by atoms with Gasteiger partial charge in [-0.3, -0.25) is 0 Å².